The normalized spacial score (nSPS) is 20.5. The number of likely N-dealkylation sites (tertiary alicyclic amines) is 1. The monoisotopic (exact) mass is 182 g/mol. The molecule has 0 aromatic heterocycles. The fourth-order valence-corrected chi connectivity index (χ4v) is 1.55. The lowest BCUT2D eigenvalue weighted by Crippen LogP contribution is -2.36. The van der Waals surface area contributed by atoms with E-state index in [9.17, 15) is 0 Å². The van der Waals surface area contributed by atoms with E-state index in [0.717, 1.165) is 31.8 Å². The molecule has 1 aliphatic rings. The van der Waals surface area contributed by atoms with Gasteiger partial charge in [0, 0.05) is 19.1 Å². The van der Waals surface area contributed by atoms with Crippen LogP contribution in [0.25, 0.3) is 0 Å². The first-order chi connectivity index (χ1) is 6.18. The van der Waals surface area contributed by atoms with E-state index in [-0.39, 0.29) is 0 Å². The molecular weight excluding hydrogens is 160 g/mol. The lowest BCUT2D eigenvalue weighted by atomic mass is 10.1. The molecule has 0 aliphatic carbocycles. The van der Waals surface area contributed by atoms with Gasteiger partial charge in [-0.3, -0.25) is 0 Å². The molecular formula is C11H22N2. The third kappa shape index (κ3) is 4.32. The molecule has 0 unspecified atom stereocenters. The van der Waals surface area contributed by atoms with Gasteiger partial charge >= 0.3 is 0 Å². The Bertz CT molecular complexity index is 155. The molecule has 0 saturated carbocycles. The molecule has 2 heteroatoms. The van der Waals surface area contributed by atoms with Crippen LogP contribution in [0.1, 0.15) is 33.1 Å². The highest BCUT2D eigenvalue weighted by molar-refractivity contribution is 4.86. The molecule has 0 spiro atoms. The number of nitrogens with two attached hydrogens (primary N) is 1. The van der Waals surface area contributed by atoms with Crippen LogP contribution in [0, 0.1) is 5.92 Å². The van der Waals surface area contributed by atoms with Crippen molar-refractivity contribution < 1.29 is 0 Å². The van der Waals surface area contributed by atoms with Gasteiger partial charge < -0.3 is 10.6 Å². The van der Waals surface area contributed by atoms with Crippen molar-refractivity contribution in [2.45, 2.75) is 39.2 Å². The molecule has 0 bridgehead atoms. The third-order valence-electron chi connectivity index (χ3n) is 2.50. The summed E-state index contributed by atoms with van der Waals surface area (Å²) >= 11 is 0. The van der Waals surface area contributed by atoms with Gasteiger partial charge in [0.1, 0.15) is 0 Å². The van der Waals surface area contributed by atoms with E-state index >= 15 is 0 Å². The Morgan fingerprint density at radius 2 is 2.00 bits per heavy atom. The number of piperidine rings is 1. The summed E-state index contributed by atoms with van der Waals surface area (Å²) in [6.45, 7) is 6.76. The van der Waals surface area contributed by atoms with Gasteiger partial charge in [-0.15, -0.1) is 0 Å². The molecule has 0 amide bonds. The summed E-state index contributed by atoms with van der Waals surface area (Å²) in [4.78, 5) is 2.38. The SMILES string of the molecule is CC(C)C/C=C/N1CCC(N)CC1. The van der Waals surface area contributed by atoms with E-state index in [1.165, 1.54) is 6.42 Å². The molecule has 1 fully saturated rings. The second-order valence-electron chi connectivity index (χ2n) is 4.39. The fourth-order valence-electron chi connectivity index (χ4n) is 1.55. The minimum absolute atomic E-state index is 0.440. The van der Waals surface area contributed by atoms with Gasteiger partial charge in [-0.05, 0) is 31.4 Å². The van der Waals surface area contributed by atoms with Crippen LogP contribution in [0.15, 0.2) is 12.3 Å². The topological polar surface area (TPSA) is 29.3 Å². The zero-order chi connectivity index (χ0) is 9.68. The van der Waals surface area contributed by atoms with E-state index in [1.807, 2.05) is 0 Å². The summed E-state index contributed by atoms with van der Waals surface area (Å²) in [6, 6.07) is 0.440. The average molecular weight is 182 g/mol. The van der Waals surface area contributed by atoms with E-state index in [0.29, 0.717) is 6.04 Å². The van der Waals surface area contributed by atoms with Crippen molar-refractivity contribution in [3.05, 3.63) is 12.3 Å². The van der Waals surface area contributed by atoms with Crippen molar-refractivity contribution in [3.63, 3.8) is 0 Å². The quantitative estimate of drug-likeness (QED) is 0.723. The Morgan fingerprint density at radius 1 is 1.38 bits per heavy atom. The zero-order valence-electron chi connectivity index (χ0n) is 8.87. The van der Waals surface area contributed by atoms with Crippen LogP contribution in [0.5, 0.6) is 0 Å². The fraction of sp³-hybridized carbons (Fsp3) is 0.818. The van der Waals surface area contributed by atoms with Crippen LogP contribution in [0.2, 0.25) is 0 Å². The zero-order valence-corrected chi connectivity index (χ0v) is 8.87. The van der Waals surface area contributed by atoms with Crippen LogP contribution in [-0.4, -0.2) is 24.0 Å². The van der Waals surface area contributed by atoms with Crippen LogP contribution in [0.4, 0.5) is 0 Å². The van der Waals surface area contributed by atoms with Crippen molar-refractivity contribution in [1.82, 2.24) is 4.90 Å². The van der Waals surface area contributed by atoms with Crippen LogP contribution in [-0.2, 0) is 0 Å². The Labute approximate surface area is 81.8 Å². The van der Waals surface area contributed by atoms with Crippen molar-refractivity contribution in [2.75, 3.05) is 13.1 Å². The summed E-state index contributed by atoms with van der Waals surface area (Å²) in [6.07, 6.45) is 7.99. The van der Waals surface area contributed by atoms with Crippen molar-refractivity contribution in [1.29, 1.82) is 0 Å². The van der Waals surface area contributed by atoms with Crippen molar-refractivity contribution in [3.8, 4) is 0 Å². The molecule has 13 heavy (non-hydrogen) atoms. The summed E-state index contributed by atoms with van der Waals surface area (Å²) < 4.78 is 0. The van der Waals surface area contributed by atoms with Crippen LogP contribution >= 0.6 is 0 Å². The molecule has 0 aromatic carbocycles. The van der Waals surface area contributed by atoms with Gasteiger partial charge in [0.2, 0.25) is 0 Å². The maximum absolute atomic E-state index is 5.82. The van der Waals surface area contributed by atoms with Gasteiger partial charge in [0.15, 0.2) is 0 Å². The minimum Gasteiger partial charge on any atom is -0.378 e. The predicted octanol–water partition coefficient (Wildman–Crippen LogP) is 1.97. The summed E-state index contributed by atoms with van der Waals surface area (Å²) in [7, 11) is 0. The van der Waals surface area contributed by atoms with Crippen LogP contribution in [0.3, 0.4) is 0 Å². The number of hydrogen-bond acceptors (Lipinski definition) is 2. The van der Waals surface area contributed by atoms with Crippen molar-refractivity contribution in [2.24, 2.45) is 11.7 Å². The number of nitrogens with zero attached hydrogens (tertiary/aromatic N) is 1. The number of allylic oxidation sites excluding steroid dienone is 1. The summed E-state index contributed by atoms with van der Waals surface area (Å²) in [5.74, 6) is 0.767. The highest BCUT2D eigenvalue weighted by Gasteiger charge is 2.12. The van der Waals surface area contributed by atoms with Crippen molar-refractivity contribution >= 4 is 0 Å². The van der Waals surface area contributed by atoms with Gasteiger partial charge in [-0.2, -0.15) is 0 Å². The second kappa shape index (κ2) is 5.28. The van der Waals surface area contributed by atoms with E-state index in [2.05, 4.69) is 31.0 Å². The minimum atomic E-state index is 0.440. The van der Waals surface area contributed by atoms with Gasteiger partial charge in [-0.25, -0.2) is 0 Å². The molecule has 1 saturated heterocycles. The number of rotatable bonds is 3. The molecule has 1 aliphatic heterocycles. The molecule has 0 atom stereocenters. The first-order valence-corrected chi connectivity index (χ1v) is 5.35. The van der Waals surface area contributed by atoms with Gasteiger partial charge in [-0.1, -0.05) is 19.9 Å². The molecule has 1 rings (SSSR count). The van der Waals surface area contributed by atoms with Crippen LogP contribution < -0.4 is 5.73 Å². The molecule has 0 radical (unpaired) electrons. The molecule has 2 N–H and O–H groups in total. The average Bonchev–Trinajstić information content (AvgIpc) is 2.08. The van der Waals surface area contributed by atoms with Gasteiger partial charge in [0.05, 0.1) is 0 Å². The van der Waals surface area contributed by atoms with E-state index in [4.69, 9.17) is 5.73 Å². The lowest BCUT2D eigenvalue weighted by Gasteiger charge is -2.28. The molecule has 0 aromatic rings. The smallest absolute Gasteiger partial charge is 0.0187 e. The van der Waals surface area contributed by atoms with Gasteiger partial charge in [0.25, 0.3) is 0 Å². The molecule has 1 heterocycles. The highest BCUT2D eigenvalue weighted by Crippen LogP contribution is 2.09. The first kappa shape index (κ1) is 10.6. The van der Waals surface area contributed by atoms with E-state index in [1.54, 1.807) is 0 Å². The third-order valence-corrected chi connectivity index (χ3v) is 2.50. The lowest BCUT2D eigenvalue weighted by molar-refractivity contribution is 0.284. The Balaban J connectivity index is 2.18. The maximum Gasteiger partial charge on any atom is 0.0187 e. The second-order valence-corrected chi connectivity index (χ2v) is 4.39. The Morgan fingerprint density at radius 3 is 2.54 bits per heavy atom. The van der Waals surface area contributed by atoms with E-state index < -0.39 is 0 Å². The Kier molecular flexibility index (Phi) is 4.29. The predicted molar refractivity (Wildman–Crippen MR) is 57.4 cm³/mol. The largest absolute Gasteiger partial charge is 0.378 e. The molecule has 2 nitrogen and oxygen atoms in total. The maximum atomic E-state index is 5.82. The standard InChI is InChI=1S/C11H22N2/c1-10(2)4-3-7-13-8-5-11(12)6-9-13/h3,7,10-11H,4-6,8-9,12H2,1-2H3/b7-3+. The highest BCUT2D eigenvalue weighted by atomic mass is 15.1. The first-order valence-electron chi connectivity index (χ1n) is 5.35. The molecule has 76 valence electrons. The summed E-state index contributed by atoms with van der Waals surface area (Å²) in [5.41, 5.74) is 5.82. The number of hydrogen-bond donors (Lipinski definition) is 1. The Hall–Kier alpha value is -0.500. The summed E-state index contributed by atoms with van der Waals surface area (Å²) in [5, 5.41) is 0.